The van der Waals surface area contributed by atoms with Crippen LogP contribution < -0.4 is 20.6 Å². The van der Waals surface area contributed by atoms with Crippen LogP contribution in [0.1, 0.15) is 52.1 Å². The number of sulfonamides is 2. The van der Waals surface area contributed by atoms with Crippen molar-refractivity contribution in [2.24, 2.45) is 15.1 Å². The number of hydrogen-bond acceptors (Lipinski definition) is 9. The Morgan fingerprint density at radius 1 is 0.825 bits per heavy atom. The Hall–Kier alpha value is -3.62. The molecule has 3 N–H and O–H groups in total. The Balaban J connectivity index is 1.52. The molecular formula is C27H27N5O6S2. The second kappa shape index (κ2) is 10.4. The molecule has 5 rings (SSSR count). The van der Waals surface area contributed by atoms with Crippen LogP contribution in [0, 0.1) is 0 Å². The Morgan fingerprint density at radius 2 is 1.48 bits per heavy atom. The van der Waals surface area contributed by atoms with E-state index in [9.17, 15) is 26.4 Å². The van der Waals surface area contributed by atoms with Gasteiger partial charge in [-0.15, -0.1) is 0 Å². The van der Waals surface area contributed by atoms with Crippen LogP contribution in [-0.4, -0.2) is 59.5 Å². The largest absolute Gasteiger partial charge is 0.304 e. The number of nitrogens with two attached hydrogens (primary N) is 1. The maximum absolute atomic E-state index is 13.4. The number of nitrogens with one attached hydrogen (secondary N) is 1. The molecule has 0 saturated heterocycles. The molecule has 40 heavy (non-hydrogen) atoms. The van der Waals surface area contributed by atoms with Crippen LogP contribution >= 0.6 is 0 Å². The Morgan fingerprint density at radius 3 is 2.12 bits per heavy atom. The van der Waals surface area contributed by atoms with E-state index in [1.165, 1.54) is 48.5 Å². The summed E-state index contributed by atoms with van der Waals surface area (Å²) in [5.74, 6) is -0.918. The maximum atomic E-state index is 13.4. The Kier molecular flexibility index (Phi) is 7.27. The molecule has 0 aromatic heterocycles. The normalized spacial score (nSPS) is 14.1. The van der Waals surface area contributed by atoms with Crippen LogP contribution in [0.5, 0.6) is 0 Å². The summed E-state index contributed by atoms with van der Waals surface area (Å²) < 4.78 is 52.5. The first-order chi connectivity index (χ1) is 18.9. The first-order valence-electron chi connectivity index (χ1n) is 12.7. The van der Waals surface area contributed by atoms with Gasteiger partial charge >= 0.3 is 0 Å². The van der Waals surface area contributed by atoms with E-state index in [-0.39, 0.29) is 60.7 Å². The van der Waals surface area contributed by atoms with Gasteiger partial charge in [0, 0.05) is 17.7 Å². The van der Waals surface area contributed by atoms with Crippen molar-refractivity contribution >= 4 is 43.0 Å². The van der Waals surface area contributed by atoms with Gasteiger partial charge in [0.2, 0.25) is 20.0 Å². The molecule has 2 heterocycles. The van der Waals surface area contributed by atoms with Gasteiger partial charge in [0.25, 0.3) is 0 Å². The fraction of sp³-hybridized carbons (Fsp3) is 0.259. The van der Waals surface area contributed by atoms with Crippen molar-refractivity contribution in [2.75, 3.05) is 26.2 Å². The first-order valence-corrected chi connectivity index (χ1v) is 15.7. The lowest BCUT2D eigenvalue weighted by Crippen LogP contribution is -2.31. The number of benzene rings is 3. The van der Waals surface area contributed by atoms with E-state index in [0.717, 1.165) is 19.6 Å². The highest BCUT2D eigenvalue weighted by Gasteiger charge is 2.29. The van der Waals surface area contributed by atoms with Crippen molar-refractivity contribution in [3.63, 3.8) is 0 Å². The van der Waals surface area contributed by atoms with E-state index in [1.54, 1.807) is 0 Å². The summed E-state index contributed by atoms with van der Waals surface area (Å²) in [6.07, 6.45) is 0.647. The zero-order valence-corrected chi connectivity index (χ0v) is 23.5. The van der Waals surface area contributed by atoms with Gasteiger partial charge in [0.05, 0.1) is 38.1 Å². The third kappa shape index (κ3) is 5.02. The summed E-state index contributed by atoms with van der Waals surface area (Å²) in [5, 5.41) is 5.62. The van der Waals surface area contributed by atoms with Gasteiger partial charge in [-0.05, 0) is 68.5 Å². The summed E-state index contributed by atoms with van der Waals surface area (Å²) in [7, 11) is -8.00. The minimum Gasteiger partial charge on any atom is -0.304 e. The van der Waals surface area contributed by atoms with Crippen molar-refractivity contribution < 1.29 is 26.4 Å². The highest BCUT2D eigenvalue weighted by Crippen LogP contribution is 2.32. The number of rotatable bonds is 9. The molecule has 208 valence electrons. The van der Waals surface area contributed by atoms with E-state index < -0.39 is 31.6 Å². The molecule has 0 bridgehead atoms. The molecular weight excluding hydrogens is 554 g/mol. The van der Waals surface area contributed by atoms with E-state index >= 15 is 0 Å². The van der Waals surface area contributed by atoms with Crippen molar-refractivity contribution in [3.05, 3.63) is 81.5 Å². The molecule has 0 aliphatic carbocycles. The van der Waals surface area contributed by atoms with E-state index in [4.69, 9.17) is 5.14 Å². The SMILES string of the molecule is CCN(CC)CCCNS(=O)(=O)c1ccc2c(c1)N=c1cc3c(cc1C2=O)=Nc1c(cccc1S(N)(=O)=O)C3=O. The molecule has 0 radical (unpaired) electrons. The molecule has 2 aliphatic heterocycles. The average Bonchev–Trinajstić information content (AvgIpc) is 2.92. The molecule has 0 atom stereocenters. The predicted octanol–water partition coefficient (Wildman–Crippen LogP) is 1.34. The van der Waals surface area contributed by atoms with Crippen molar-refractivity contribution in [1.82, 2.24) is 9.62 Å². The fourth-order valence-corrected chi connectivity index (χ4v) is 6.60. The predicted molar refractivity (Wildman–Crippen MR) is 147 cm³/mol. The molecule has 0 unspecified atom stereocenters. The van der Waals surface area contributed by atoms with Gasteiger partial charge in [-0.3, -0.25) is 9.59 Å². The third-order valence-corrected chi connectivity index (χ3v) is 9.39. The first kappa shape index (κ1) is 27.9. The maximum Gasteiger partial charge on any atom is 0.240 e. The Labute approximate surface area is 231 Å². The number of fused-ring (bicyclic) bond motifs is 4. The van der Waals surface area contributed by atoms with E-state index in [1.807, 2.05) is 13.8 Å². The van der Waals surface area contributed by atoms with Gasteiger partial charge in [-0.2, -0.15) is 0 Å². The average molecular weight is 582 g/mol. The van der Waals surface area contributed by atoms with Crippen molar-refractivity contribution in [1.29, 1.82) is 0 Å². The number of nitrogens with zero attached hydrogens (tertiary/aromatic N) is 3. The van der Waals surface area contributed by atoms with Gasteiger partial charge in [0.1, 0.15) is 4.90 Å². The van der Waals surface area contributed by atoms with Crippen LogP contribution in [0.15, 0.2) is 68.3 Å². The summed E-state index contributed by atoms with van der Waals surface area (Å²) in [6.45, 7) is 6.90. The highest BCUT2D eigenvalue weighted by atomic mass is 32.2. The minimum absolute atomic E-state index is 0.0254. The van der Waals surface area contributed by atoms with Crippen molar-refractivity contribution in [2.45, 2.75) is 30.1 Å². The molecule has 2 aliphatic rings. The highest BCUT2D eigenvalue weighted by molar-refractivity contribution is 7.89. The van der Waals surface area contributed by atoms with Crippen molar-refractivity contribution in [3.8, 4) is 0 Å². The molecule has 3 aromatic rings. The van der Waals surface area contributed by atoms with Gasteiger partial charge in [-0.1, -0.05) is 19.9 Å². The lowest BCUT2D eigenvalue weighted by Gasteiger charge is -2.18. The lowest BCUT2D eigenvalue weighted by atomic mass is 9.93. The minimum atomic E-state index is -4.16. The number of para-hydroxylation sites is 1. The number of carbonyl (C=O) groups is 2. The molecule has 0 amide bonds. The van der Waals surface area contributed by atoms with Crippen LogP contribution in [0.2, 0.25) is 0 Å². The van der Waals surface area contributed by atoms with Crippen LogP contribution in [0.3, 0.4) is 0 Å². The fourth-order valence-electron chi connectivity index (χ4n) is 4.81. The molecule has 13 heteroatoms. The number of hydrogen-bond donors (Lipinski definition) is 2. The molecule has 0 fully saturated rings. The quantitative estimate of drug-likeness (QED) is 0.248. The third-order valence-electron chi connectivity index (χ3n) is 6.99. The number of primary sulfonamides is 1. The monoisotopic (exact) mass is 581 g/mol. The van der Waals surface area contributed by atoms with E-state index in [2.05, 4.69) is 19.6 Å². The summed E-state index contributed by atoms with van der Waals surface area (Å²) in [6, 6.07) is 11.0. The smallest absolute Gasteiger partial charge is 0.240 e. The Bertz CT molecular complexity index is 1920. The van der Waals surface area contributed by atoms with Gasteiger partial charge < -0.3 is 4.90 Å². The van der Waals surface area contributed by atoms with Crippen LogP contribution in [0.4, 0.5) is 11.4 Å². The summed E-state index contributed by atoms with van der Waals surface area (Å²) in [4.78, 5) is 37.4. The zero-order valence-electron chi connectivity index (χ0n) is 21.8. The molecule has 0 spiro atoms. The summed E-state index contributed by atoms with van der Waals surface area (Å²) in [5.41, 5.74) is 0.631. The molecule has 3 aromatic carbocycles. The zero-order chi connectivity index (χ0) is 28.8. The van der Waals surface area contributed by atoms with E-state index in [0.29, 0.717) is 6.42 Å². The lowest BCUT2D eigenvalue weighted by molar-refractivity contribution is 0.102. The topological polar surface area (TPSA) is 168 Å². The van der Waals surface area contributed by atoms with Crippen LogP contribution in [0.25, 0.3) is 0 Å². The van der Waals surface area contributed by atoms with Crippen LogP contribution in [-0.2, 0) is 20.0 Å². The van der Waals surface area contributed by atoms with Gasteiger partial charge in [-0.25, -0.2) is 36.7 Å². The number of ketones is 2. The second-order valence-corrected chi connectivity index (χ2v) is 12.7. The molecule has 0 saturated carbocycles. The van der Waals surface area contributed by atoms with Gasteiger partial charge in [0.15, 0.2) is 11.6 Å². The number of carbonyl (C=O) groups excluding carboxylic acids is 2. The summed E-state index contributed by atoms with van der Waals surface area (Å²) >= 11 is 0. The standard InChI is InChI=1S/C27H27N5O6S2/c1-3-32(4-2)12-6-11-29-40(37,38)16-9-10-17-21(13-16)30-22-14-20-23(15-19(22)26(17)33)31-25-18(27(20)34)7-5-8-24(25)39(28,35)36/h5,7-10,13-15,29H,3-4,6,11-12H2,1-2H3,(H2,28,35,36). The second-order valence-electron chi connectivity index (χ2n) is 9.42. The molecule has 11 nitrogen and oxygen atoms in total.